The van der Waals surface area contributed by atoms with Crippen LogP contribution >= 0.6 is 0 Å². The van der Waals surface area contributed by atoms with Crippen LogP contribution < -0.4 is 10.6 Å². The molecule has 0 spiro atoms. The molecule has 2 atom stereocenters. The van der Waals surface area contributed by atoms with Gasteiger partial charge in [-0.25, -0.2) is 9.89 Å². The van der Waals surface area contributed by atoms with E-state index in [2.05, 4.69) is 25.3 Å². The first kappa shape index (κ1) is 18.2. The third-order valence-corrected chi connectivity index (χ3v) is 5.76. The maximum Gasteiger partial charge on any atom is 0.343 e. The summed E-state index contributed by atoms with van der Waals surface area (Å²) in [5.74, 6) is 2.71. The van der Waals surface area contributed by atoms with Gasteiger partial charge in [-0.05, 0) is 70.9 Å². The second-order valence-electron chi connectivity index (χ2n) is 8.61. The second kappa shape index (κ2) is 6.44. The smallest absolute Gasteiger partial charge is 0.343 e. The Labute approximate surface area is 158 Å². The lowest BCUT2D eigenvalue weighted by molar-refractivity contribution is 0.0728. The van der Waals surface area contributed by atoms with Crippen LogP contribution in [0.3, 0.4) is 0 Å². The van der Waals surface area contributed by atoms with E-state index in [-0.39, 0.29) is 17.8 Å². The Bertz CT molecular complexity index is 860. The molecule has 0 radical (unpaired) electrons. The molecule has 2 fully saturated rings. The van der Waals surface area contributed by atoms with Crippen molar-refractivity contribution >= 4 is 5.82 Å². The van der Waals surface area contributed by atoms with Crippen LogP contribution in [0.15, 0.2) is 16.9 Å². The molecule has 0 amide bonds. The quantitative estimate of drug-likeness (QED) is 0.834. The van der Waals surface area contributed by atoms with Gasteiger partial charge in [0.25, 0.3) is 0 Å². The summed E-state index contributed by atoms with van der Waals surface area (Å²) in [6.45, 7) is 8.27. The van der Waals surface area contributed by atoms with Gasteiger partial charge >= 0.3 is 5.69 Å². The maximum absolute atomic E-state index is 12.3. The van der Waals surface area contributed by atoms with Gasteiger partial charge in [-0.1, -0.05) is 0 Å². The van der Waals surface area contributed by atoms with Crippen LogP contribution in [0.1, 0.15) is 70.6 Å². The van der Waals surface area contributed by atoms with Crippen LogP contribution in [0.25, 0.3) is 0 Å². The molecule has 2 aromatic rings. The van der Waals surface area contributed by atoms with Crippen molar-refractivity contribution in [2.45, 2.75) is 64.6 Å². The molecule has 3 heterocycles. The summed E-state index contributed by atoms with van der Waals surface area (Å²) in [7, 11) is 0. The summed E-state index contributed by atoms with van der Waals surface area (Å²) in [6, 6.07) is 3.79. The molecule has 4 rings (SSSR count). The number of aromatic nitrogens is 5. The van der Waals surface area contributed by atoms with Gasteiger partial charge < -0.3 is 10.0 Å². The highest BCUT2D eigenvalue weighted by Crippen LogP contribution is 2.50. The molecule has 146 valence electrons. The number of aliphatic hydroxyl groups is 1. The first-order chi connectivity index (χ1) is 12.8. The van der Waals surface area contributed by atoms with E-state index in [9.17, 15) is 9.90 Å². The fourth-order valence-corrected chi connectivity index (χ4v) is 4.25. The molecule has 0 aromatic carbocycles. The number of rotatable bonds is 5. The lowest BCUT2D eigenvalue weighted by Crippen LogP contribution is -2.32. The van der Waals surface area contributed by atoms with Crippen molar-refractivity contribution in [3.63, 3.8) is 0 Å². The summed E-state index contributed by atoms with van der Waals surface area (Å²) >= 11 is 0. The van der Waals surface area contributed by atoms with Gasteiger partial charge in [0.05, 0.1) is 11.7 Å². The van der Waals surface area contributed by atoms with Crippen molar-refractivity contribution < 1.29 is 5.11 Å². The molecular formula is C19H28N6O2. The fraction of sp³-hybridized carbons (Fsp3) is 0.684. The Hall–Kier alpha value is -2.22. The third kappa shape index (κ3) is 3.26. The summed E-state index contributed by atoms with van der Waals surface area (Å²) in [6.07, 6.45) is 3.55. The van der Waals surface area contributed by atoms with Crippen molar-refractivity contribution in [3.05, 3.63) is 34.1 Å². The normalized spacial score (nSPS) is 23.4. The topological polar surface area (TPSA) is 99.9 Å². The van der Waals surface area contributed by atoms with Crippen molar-refractivity contribution in [3.8, 4) is 0 Å². The minimum Gasteiger partial charge on any atom is -0.384 e. The van der Waals surface area contributed by atoms with Gasteiger partial charge in [0, 0.05) is 12.6 Å². The molecule has 27 heavy (non-hydrogen) atoms. The van der Waals surface area contributed by atoms with Gasteiger partial charge in [0.1, 0.15) is 5.60 Å². The van der Waals surface area contributed by atoms with E-state index >= 15 is 0 Å². The van der Waals surface area contributed by atoms with Crippen molar-refractivity contribution in [1.29, 1.82) is 0 Å². The van der Waals surface area contributed by atoms with E-state index in [1.54, 1.807) is 18.4 Å². The summed E-state index contributed by atoms with van der Waals surface area (Å²) in [4.78, 5) is 14.5. The highest BCUT2D eigenvalue weighted by atomic mass is 16.3. The molecule has 8 nitrogen and oxygen atoms in total. The minimum atomic E-state index is -1.02. The third-order valence-electron chi connectivity index (χ3n) is 5.76. The van der Waals surface area contributed by atoms with Gasteiger partial charge in [-0.15, -0.1) is 5.10 Å². The molecule has 2 unspecified atom stereocenters. The molecular weight excluding hydrogens is 344 g/mol. The zero-order valence-corrected chi connectivity index (χ0v) is 16.4. The molecule has 2 aromatic heterocycles. The van der Waals surface area contributed by atoms with Gasteiger partial charge in [0.2, 0.25) is 0 Å². The Balaban J connectivity index is 1.73. The summed E-state index contributed by atoms with van der Waals surface area (Å²) in [5.41, 5.74) is -0.642. The number of nitrogens with one attached hydrogen (secondary N) is 1. The van der Waals surface area contributed by atoms with Crippen LogP contribution in [0, 0.1) is 11.8 Å². The van der Waals surface area contributed by atoms with Crippen LogP contribution in [0.5, 0.6) is 0 Å². The standard InChI is InChI=1S/C19H28N6O2/c1-11(2)25-17(22-23-18(25)26)16-13(12-5-6-12)9-10-24(16)15-8-7-14(20-21-15)19(3,4)27/h7-8,11-13,16,27H,5-6,9-10H2,1-4H3,(H,23,26). The van der Waals surface area contributed by atoms with Crippen LogP contribution in [0.4, 0.5) is 5.82 Å². The zero-order chi connectivity index (χ0) is 19.3. The average Bonchev–Trinajstić information content (AvgIpc) is 3.23. The van der Waals surface area contributed by atoms with Gasteiger partial charge in [-0.3, -0.25) is 4.57 Å². The van der Waals surface area contributed by atoms with Crippen molar-refractivity contribution in [2.24, 2.45) is 11.8 Å². The number of aromatic amines is 1. The number of hydrogen-bond donors (Lipinski definition) is 2. The average molecular weight is 372 g/mol. The van der Waals surface area contributed by atoms with Crippen LogP contribution in [-0.2, 0) is 5.60 Å². The van der Waals surface area contributed by atoms with E-state index in [1.807, 2.05) is 26.0 Å². The Kier molecular flexibility index (Phi) is 4.33. The molecule has 1 aliphatic heterocycles. The van der Waals surface area contributed by atoms with E-state index in [4.69, 9.17) is 0 Å². The predicted octanol–water partition coefficient (Wildman–Crippen LogP) is 2.15. The SMILES string of the molecule is CC(C)n1c(C2C(C3CC3)CCN2c2ccc(C(C)(C)O)nn2)n[nH]c1=O. The number of nitrogens with zero attached hydrogens (tertiary/aromatic N) is 5. The summed E-state index contributed by atoms with van der Waals surface area (Å²) < 4.78 is 1.76. The first-order valence-electron chi connectivity index (χ1n) is 9.77. The molecule has 2 aliphatic rings. The summed E-state index contributed by atoms with van der Waals surface area (Å²) in [5, 5.41) is 25.8. The Morgan fingerprint density at radius 2 is 1.96 bits per heavy atom. The number of hydrogen-bond acceptors (Lipinski definition) is 6. The van der Waals surface area contributed by atoms with E-state index in [1.165, 1.54) is 12.8 Å². The molecule has 1 aliphatic carbocycles. The maximum atomic E-state index is 12.3. The zero-order valence-electron chi connectivity index (χ0n) is 16.4. The number of H-pyrrole nitrogens is 1. The number of anilines is 1. The van der Waals surface area contributed by atoms with Crippen molar-refractivity contribution in [2.75, 3.05) is 11.4 Å². The van der Waals surface area contributed by atoms with Gasteiger partial charge in [0.15, 0.2) is 11.6 Å². The van der Waals surface area contributed by atoms with E-state index in [0.29, 0.717) is 17.5 Å². The first-order valence-corrected chi connectivity index (χ1v) is 9.77. The highest BCUT2D eigenvalue weighted by molar-refractivity contribution is 5.43. The van der Waals surface area contributed by atoms with Crippen LogP contribution in [0.2, 0.25) is 0 Å². The Morgan fingerprint density at radius 1 is 1.22 bits per heavy atom. The lowest BCUT2D eigenvalue weighted by atomic mass is 9.94. The van der Waals surface area contributed by atoms with Crippen molar-refractivity contribution in [1.82, 2.24) is 25.0 Å². The van der Waals surface area contributed by atoms with Gasteiger partial charge in [-0.2, -0.15) is 10.2 Å². The molecule has 1 saturated heterocycles. The van der Waals surface area contributed by atoms with E-state index in [0.717, 1.165) is 24.6 Å². The molecule has 1 saturated carbocycles. The largest absolute Gasteiger partial charge is 0.384 e. The molecule has 2 N–H and O–H groups in total. The van der Waals surface area contributed by atoms with E-state index < -0.39 is 5.60 Å². The lowest BCUT2D eigenvalue weighted by Gasteiger charge is -2.29. The Morgan fingerprint density at radius 3 is 2.52 bits per heavy atom. The fourth-order valence-electron chi connectivity index (χ4n) is 4.25. The second-order valence-corrected chi connectivity index (χ2v) is 8.61. The monoisotopic (exact) mass is 372 g/mol. The molecule has 0 bridgehead atoms. The predicted molar refractivity (Wildman–Crippen MR) is 101 cm³/mol. The molecule has 8 heteroatoms. The minimum absolute atomic E-state index is 0.0149. The van der Waals surface area contributed by atoms with Crippen LogP contribution in [-0.4, -0.2) is 36.6 Å². The highest BCUT2D eigenvalue weighted by Gasteiger charge is 2.46.